The number of hydrogen-bond acceptors (Lipinski definition) is 3. The van der Waals surface area contributed by atoms with E-state index in [9.17, 15) is 4.79 Å². The molecule has 0 radical (unpaired) electrons. The van der Waals surface area contributed by atoms with Crippen LogP contribution in [0, 0.1) is 0 Å². The average molecular weight is 352 g/mol. The summed E-state index contributed by atoms with van der Waals surface area (Å²) in [5.41, 5.74) is 2.73. The molecule has 1 aromatic heterocycles. The Labute approximate surface area is 151 Å². The molecule has 0 atom stereocenters. The van der Waals surface area contributed by atoms with Gasteiger partial charge in [-0.3, -0.25) is 4.79 Å². The molecule has 4 nitrogen and oxygen atoms in total. The third kappa shape index (κ3) is 5.06. The molecular formula is C20H18ClN3O. The van der Waals surface area contributed by atoms with Crippen molar-refractivity contribution in [1.82, 2.24) is 4.98 Å². The van der Waals surface area contributed by atoms with Gasteiger partial charge in [0.05, 0.1) is 11.9 Å². The first-order valence-corrected chi connectivity index (χ1v) is 8.39. The summed E-state index contributed by atoms with van der Waals surface area (Å²) in [6, 6.07) is 20.6. The van der Waals surface area contributed by atoms with E-state index >= 15 is 0 Å². The van der Waals surface area contributed by atoms with Crippen molar-refractivity contribution < 1.29 is 4.79 Å². The highest BCUT2D eigenvalue weighted by atomic mass is 35.5. The van der Waals surface area contributed by atoms with Crippen LogP contribution in [0.1, 0.15) is 15.9 Å². The van der Waals surface area contributed by atoms with E-state index < -0.39 is 0 Å². The van der Waals surface area contributed by atoms with E-state index in [4.69, 9.17) is 11.6 Å². The van der Waals surface area contributed by atoms with Crippen LogP contribution in [0.3, 0.4) is 0 Å². The Bertz CT molecular complexity index is 818. The Balaban J connectivity index is 1.50. The number of benzene rings is 2. The highest BCUT2D eigenvalue weighted by Crippen LogP contribution is 2.13. The molecule has 0 bridgehead atoms. The Morgan fingerprint density at radius 3 is 2.40 bits per heavy atom. The second kappa shape index (κ2) is 8.31. The molecule has 1 amide bonds. The minimum atomic E-state index is -0.170. The van der Waals surface area contributed by atoms with Crippen molar-refractivity contribution in [1.29, 1.82) is 0 Å². The smallest absolute Gasteiger partial charge is 0.256 e. The van der Waals surface area contributed by atoms with Crippen LogP contribution in [-0.2, 0) is 6.42 Å². The fourth-order valence-electron chi connectivity index (χ4n) is 2.35. The van der Waals surface area contributed by atoms with Crippen LogP contribution in [0.5, 0.6) is 0 Å². The van der Waals surface area contributed by atoms with Gasteiger partial charge in [-0.2, -0.15) is 0 Å². The van der Waals surface area contributed by atoms with Crippen LogP contribution in [0.2, 0.25) is 5.02 Å². The summed E-state index contributed by atoms with van der Waals surface area (Å²) in [6.07, 6.45) is 2.60. The highest BCUT2D eigenvalue weighted by molar-refractivity contribution is 6.30. The monoisotopic (exact) mass is 351 g/mol. The van der Waals surface area contributed by atoms with Crippen LogP contribution in [0.25, 0.3) is 0 Å². The van der Waals surface area contributed by atoms with Gasteiger partial charge in [-0.1, -0.05) is 41.9 Å². The Morgan fingerprint density at radius 1 is 0.960 bits per heavy atom. The van der Waals surface area contributed by atoms with E-state index in [1.165, 1.54) is 5.56 Å². The summed E-state index contributed by atoms with van der Waals surface area (Å²) in [4.78, 5) is 16.3. The molecule has 0 spiro atoms. The van der Waals surface area contributed by atoms with Crippen LogP contribution < -0.4 is 10.6 Å². The molecule has 0 saturated carbocycles. The second-order valence-electron chi connectivity index (χ2n) is 5.56. The average Bonchev–Trinajstić information content (AvgIpc) is 2.65. The Hall–Kier alpha value is -2.85. The zero-order valence-electron chi connectivity index (χ0n) is 13.6. The fraction of sp³-hybridized carbons (Fsp3) is 0.100. The van der Waals surface area contributed by atoms with Gasteiger partial charge in [0.15, 0.2) is 0 Å². The first-order valence-electron chi connectivity index (χ1n) is 8.01. The predicted molar refractivity (Wildman–Crippen MR) is 102 cm³/mol. The van der Waals surface area contributed by atoms with E-state index in [0.29, 0.717) is 11.4 Å². The van der Waals surface area contributed by atoms with E-state index in [0.717, 1.165) is 23.7 Å². The molecule has 2 N–H and O–H groups in total. The van der Waals surface area contributed by atoms with Crippen molar-refractivity contribution in [2.75, 3.05) is 17.2 Å². The molecule has 0 aliphatic heterocycles. The van der Waals surface area contributed by atoms with Gasteiger partial charge in [-0.05, 0) is 48.4 Å². The molecule has 5 heteroatoms. The summed E-state index contributed by atoms with van der Waals surface area (Å²) in [6.45, 7) is 0.791. The molecule has 0 aliphatic carbocycles. The molecule has 3 aromatic rings. The molecule has 0 unspecified atom stereocenters. The first-order chi connectivity index (χ1) is 12.2. The lowest BCUT2D eigenvalue weighted by Crippen LogP contribution is -2.13. The van der Waals surface area contributed by atoms with Crippen LogP contribution >= 0.6 is 11.6 Å². The summed E-state index contributed by atoms with van der Waals surface area (Å²) in [7, 11) is 0. The predicted octanol–water partition coefficient (Wildman–Crippen LogP) is 4.64. The first kappa shape index (κ1) is 17.0. The van der Waals surface area contributed by atoms with Crippen molar-refractivity contribution in [3.8, 4) is 0 Å². The van der Waals surface area contributed by atoms with Crippen molar-refractivity contribution >= 4 is 29.0 Å². The molecule has 3 rings (SSSR count). The maximum absolute atomic E-state index is 12.1. The summed E-state index contributed by atoms with van der Waals surface area (Å²) in [5.74, 6) is 0.355. The maximum atomic E-state index is 12.1. The Morgan fingerprint density at radius 2 is 1.72 bits per heavy atom. The molecule has 25 heavy (non-hydrogen) atoms. The minimum Gasteiger partial charge on any atom is -0.383 e. The number of nitrogens with one attached hydrogen (secondary N) is 2. The van der Waals surface area contributed by atoms with Crippen LogP contribution in [-0.4, -0.2) is 17.4 Å². The lowest BCUT2D eigenvalue weighted by molar-refractivity contribution is 0.102. The number of hydrogen-bond donors (Lipinski definition) is 2. The van der Waals surface area contributed by atoms with Gasteiger partial charge in [0, 0.05) is 17.1 Å². The van der Waals surface area contributed by atoms with Gasteiger partial charge in [-0.25, -0.2) is 4.98 Å². The van der Waals surface area contributed by atoms with E-state index in [1.807, 2.05) is 48.5 Å². The SMILES string of the molecule is O=C(Nc1ccc(NCCc2ccc(Cl)cc2)cn1)c1ccccc1. The van der Waals surface area contributed by atoms with Gasteiger partial charge in [0.1, 0.15) is 5.82 Å². The summed E-state index contributed by atoms with van der Waals surface area (Å²) < 4.78 is 0. The van der Waals surface area contributed by atoms with Crippen LogP contribution in [0.15, 0.2) is 72.9 Å². The van der Waals surface area contributed by atoms with Gasteiger partial charge in [0.25, 0.3) is 5.91 Å². The van der Waals surface area contributed by atoms with Crippen molar-refractivity contribution in [2.45, 2.75) is 6.42 Å². The van der Waals surface area contributed by atoms with Crippen molar-refractivity contribution in [2.24, 2.45) is 0 Å². The maximum Gasteiger partial charge on any atom is 0.256 e. The summed E-state index contributed by atoms with van der Waals surface area (Å²) in [5, 5.41) is 6.84. The van der Waals surface area contributed by atoms with Crippen molar-refractivity contribution in [3.05, 3.63) is 89.1 Å². The van der Waals surface area contributed by atoms with Gasteiger partial charge in [-0.15, -0.1) is 0 Å². The number of anilines is 2. The minimum absolute atomic E-state index is 0.170. The molecule has 126 valence electrons. The number of aromatic nitrogens is 1. The second-order valence-corrected chi connectivity index (χ2v) is 5.99. The molecular weight excluding hydrogens is 334 g/mol. The standard InChI is InChI=1S/C20H18ClN3O/c21-17-8-6-15(7-9-17)12-13-22-18-10-11-19(23-14-18)24-20(25)16-4-2-1-3-5-16/h1-11,14,22H,12-13H2,(H,23,24,25). The molecule has 0 saturated heterocycles. The number of rotatable bonds is 6. The third-order valence-corrected chi connectivity index (χ3v) is 3.95. The number of pyridine rings is 1. The van der Waals surface area contributed by atoms with Gasteiger partial charge in [0.2, 0.25) is 0 Å². The van der Waals surface area contributed by atoms with Gasteiger partial charge < -0.3 is 10.6 Å². The number of amides is 1. The Kier molecular flexibility index (Phi) is 5.65. The quantitative estimate of drug-likeness (QED) is 0.680. The normalized spacial score (nSPS) is 10.3. The van der Waals surface area contributed by atoms with Crippen LogP contribution in [0.4, 0.5) is 11.5 Å². The lowest BCUT2D eigenvalue weighted by atomic mass is 10.1. The van der Waals surface area contributed by atoms with E-state index in [2.05, 4.69) is 15.6 Å². The number of carbonyl (C=O) groups excluding carboxylic acids is 1. The third-order valence-electron chi connectivity index (χ3n) is 3.70. The number of halogens is 1. The number of nitrogens with zero attached hydrogens (tertiary/aromatic N) is 1. The largest absolute Gasteiger partial charge is 0.383 e. The van der Waals surface area contributed by atoms with Crippen molar-refractivity contribution in [3.63, 3.8) is 0 Å². The number of carbonyl (C=O) groups is 1. The molecule has 0 aliphatic rings. The highest BCUT2D eigenvalue weighted by Gasteiger charge is 2.05. The van der Waals surface area contributed by atoms with E-state index in [-0.39, 0.29) is 5.91 Å². The topological polar surface area (TPSA) is 54.0 Å². The fourth-order valence-corrected chi connectivity index (χ4v) is 2.48. The molecule has 1 heterocycles. The summed E-state index contributed by atoms with van der Waals surface area (Å²) >= 11 is 5.88. The zero-order valence-corrected chi connectivity index (χ0v) is 14.3. The zero-order chi connectivity index (χ0) is 17.5. The van der Waals surface area contributed by atoms with E-state index in [1.54, 1.807) is 24.4 Å². The molecule has 2 aromatic carbocycles. The van der Waals surface area contributed by atoms with Gasteiger partial charge >= 0.3 is 0 Å². The molecule has 0 fully saturated rings. The lowest BCUT2D eigenvalue weighted by Gasteiger charge is -2.08.